The predicted octanol–water partition coefficient (Wildman–Crippen LogP) is 2.92. The molecule has 0 rings (SSSR count). The van der Waals surface area contributed by atoms with Crippen LogP contribution < -0.4 is 5.32 Å². The van der Waals surface area contributed by atoms with Crippen molar-refractivity contribution in [2.75, 3.05) is 40.5 Å². The Hall–Kier alpha value is -0.160. The molecule has 0 aromatic rings. The fourth-order valence-electron chi connectivity index (χ4n) is 3.07. The molecule has 0 amide bonds. The number of nitrogens with zero attached hydrogens (tertiary/aromatic N) is 1. The molecule has 3 atom stereocenters. The lowest BCUT2D eigenvalue weighted by Gasteiger charge is -2.40. The number of rotatable bonds is 14. The zero-order chi connectivity index (χ0) is 16.1. The second-order valence-electron chi connectivity index (χ2n) is 5.86. The molecular weight excluding hydrogens is 264 g/mol. The van der Waals surface area contributed by atoms with Crippen molar-refractivity contribution < 1.29 is 9.47 Å². The Balaban J connectivity index is 4.93. The Morgan fingerprint density at radius 1 is 1.05 bits per heavy atom. The van der Waals surface area contributed by atoms with E-state index < -0.39 is 0 Å². The van der Waals surface area contributed by atoms with Crippen LogP contribution in [0.15, 0.2) is 0 Å². The third-order valence-electron chi connectivity index (χ3n) is 4.09. The molecule has 3 unspecified atom stereocenters. The Bertz CT molecular complexity index is 227. The second-order valence-corrected chi connectivity index (χ2v) is 5.86. The Labute approximate surface area is 132 Å². The van der Waals surface area contributed by atoms with Crippen LogP contribution in [0.25, 0.3) is 0 Å². The van der Waals surface area contributed by atoms with Crippen molar-refractivity contribution in [1.29, 1.82) is 0 Å². The highest BCUT2D eigenvalue weighted by Gasteiger charge is 2.28. The largest absolute Gasteiger partial charge is 0.383 e. The van der Waals surface area contributed by atoms with Crippen molar-refractivity contribution in [2.24, 2.45) is 0 Å². The number of ether oxygens (including phenoxy) is 2. The second kappa shape index (κ2) is 13.5. The SMILES string of the molecule is CCCNC(CCC)C(CC)N(CCOC)C(C)COC. The first kappa shape index (κ1) is 20.8. The van der Waals surface area contributed by atoms with Gasteiger partial charge in [0.1, 0.15) is 0 Å². The monoisotopic (exact) mass is 302 g/mol. The predicted molar refractivity (Wildman–Crippen MR) is 91.0 cm³/mol. The summed E-state index contributed by atoms with van der Waals surface area (Å²) in [5.41, 5.74) is 0. The molecule has 0 bridgehead atoms. The minimum Gasteiger partial charge on any atom is -0.383 e. The number of nitrogens with one attached hydrogen (secondary N) is 1. The quantitative estimate of drug-likeness (QED) is 0.535. The lowest BCUT2D eigenvalue weighted by atomic mass is 9.97. The number of methoxy groups -OCH3 is 2. The van der Waals surface area contributed by atoms with E-state index in [2.05, 4.69) is 37.9 Å². The fraction of sp³-hybridized carbons (Fsp3) is 1.00. The van der Waals surface area contributed by atoms with Gasteiger partial charge >= 0.3 is 0 Å². The van der Waals surface area contributed by atoms with Gasteiger partial charge in [0.2, 0.25) is 0 Å². The van der Waals surface area contributed by atoms with E-state index in [1.807, 2.05) is 0 Å². The first-order valence-corrected chi connectivity index (χ1v) is 8.63. The molecule has 0 aromatic heterocycles. The fourth-order valence-corrected chi connectivity index (χ4v) is 3.07. The first-order chi connectivity index (χ1) is 10.2. The van der Waals surface area contributed by atoms with Gasteiger partial charge in [-0.3, -0.25) is 4.90 Å². The minimum absolute atomic E-state index is 0.415. The van der Waals surface area contributed by atoms with Crippen LogP contribution in [0, 0.1) is 0 Å². The summed E-state index contributed by atoms with van der Waals surface area (Å²) in [7, 11) is 3.56. The van der Waals surface area contributed by atoms with Crippen LogP contribution in [-0.2, 0) is 9.47 Å². The van der Waals surface area contributed by atoms with Gasteiger partial charge in [-0.25, -0.2) is 0 Å². The average molecular weight is 303 g/mol. The van der Waals surface area contributed by atoms with Gasteiger partial charge < -0.3 is 14.8 Å². The van der Waals surface area contributed by atoms with Crippen LogP contribution >= 0.6 is 0 Å². The van der Waals surface area contributed by atoms with Crippen LogP contribution in [0.3, 0.4) is 0 Å². The highest BCUT2D eigenvalue weighted by Crippen LogP contribution is 2.17. The van der Waals surface area contributed by atoms with E-state index in [1.54, 1.807) is 14.2 Å². The molecule has 0 saturated carbocycles. The van der Waals surface area contributed by atoms with Crippen molar-refractivity contribution in [1.82, 2.24) is 10.2 Å². The van der Waals surface area contributed by atoms with Crippen LogP contribution in [0.2, 0.25) is 0 Å². The molecule has 0 aromatic carbocycles. The van der Waals surface area contributed by atoms with E-state index in [-0.39, 0.29) is 0 Å². The maximum atomic E-state index is 5.38. The van der Waals surface area contributed by atoms with E-state index in [0.29, 0.717) is 18.1 Å². The topological polar surface area (TPSA) is 33.7 Å². The van der Waals surface area contributed by atoms with Crippen molar-refractivity contribution in [3.63, 3.8) is 0 Å². The van der Waals surface area contributed by atoms with Crippen molar-refractivity contribution in [2.45, 2.75) is 71.5 Å². The average Bonchev–Trinajstić information content (AvgIpc) is 2.48. The number of hydrogen-bond donors (Lipinski definition) is 1. The highest BCUT2D eigenvalue weighted by atomic mass is 16.5. The van der Waals surface area contributed by atoms with E-state index >= 15 is 0 Å². The Morgan fingerprint density at radius 3 is 2.24 bits per heavy atom. The summed E-state index contributed by atoms with van der Waals surface area (Å²) in [5, 5.41) is 3.75. The van der Waals surface area contributed by atoms with Crippen LogP contribution in [0.5, 0.6) is 0 Å². The molecule has 0 fully saturated rings. The summed E-state index contributed by atoms with van der Waals surface area (Å²) < 4.78 is 10.7. The summed E-state index contributed by atoms with van der Waals surface area (Å²) in [6.07, 6.45) is 4.78. The van der Waals surface area contributed by atoms with Crippen LogP contribution in [-0.4, -0.2) is 63.5 Å². The molecule has 4 heteroatoms. The summed E-state index contributed by atoms with van der Waals surface area (Å²) >= 11 is 0. The number of hydrogen-bond acceptors (Lipinski definition) is 4. The molecule has 0 aliphatic rings. The standard InChI is InChI=1S/C17H38N2O2/c1-7-10-16(18-11-8-2)17(9-3)19(12-13-20-5)15(4)14-21-6/h15-18H,7-14H2,1-6H3. The third-order valence-corrected chi connectivity index (χ3v) is 4.09. The van der Waals surface area contributed by atoms with Gasteiger partial charge in [0, 0.05) is 38.9 Å². The third kappa shape index (κ3) is 8.15. The van der Waals surface area contributed by atoms with E-state index in [9.17, 15) is 0 Å². The van der Waals surface area contributed by atoms with Crippen LogP contribution in [0.1, 0.15) is 53.4 Å². The lowest BCUT2D eigenvalue weighted by molar-refractivity contribution is 0.0318. The minimum atomic E-state index is 0.415. The van der Waals surface area contributed by atoms with Gasteiger partial charge in [0.05, 0.1) is 13.2 Å². The lowest BCUT2D eigenvalue weighted by Crippen LogP contribution is -2.54. The van der Waals surface area contributed by atoms with E-state index in [4.69, 9.17) is 9.47 Å². The van der Waals surface area contributed by atoms with Gasteiger partial charge in [-0.05, 0) is 32.7 Å². The van der Waals surface area contributed by atoms with Gasteiger partial charge in [0.15, 0.2) is 0 Å². The Kier molecular flexibility index (Phi) is 13.4. The van der Waals surface area contributed by atoms with E-state index in [0.717, 1.165) is 32.7 Å². The molecule has 0 heterocycles. The van der Waals surface area contributed by atoms with E-state index in [1.165, 1.54) is 19.3 Å². The molecule has 0 saturated heterocycles. The summed E-state index contributed by atoms with van der Waals surface area (Å²) in [4.78, 5) is 2.57. The summed E-state index contributed by atoms with van der Waals surface area (Å²) in [6, 6.07) is 1.51. The van der Waals surface area contributed by atoms with Crippen molar-refractivity contribution in [3.8, 4) is 0 Å². The molecule has 0 aliphatic carbocycles. The Morgan fingerprint density at radius 2 is 1.76 bits per heavy atom. The van der Waals surface area contributed by atoms with Crippen molar-refractivity contribution >= 4 is 0 Å². The molecule has 128 valence electrons. The van der Waals surface area contributed by atoms with Gasteiger partial charge in [-0.15, -0.1) is 0 Å². The van der Waals surface area contributed by atoms with Crippen LogP contribution in [0.4, 0.5) is 0 Å². The summed E-state index contributed by atoms with van der Waals surface area (Å²) in [5.74, 6) is 0. The maximum Gasteiger partial charge on any atom is 0.0615 e. The van der Waals surface area contributed by atoms with Crippen molar-refractivity contribution in [3.05, 3.63) is 0 Å². The normalized spacial score (nSPS) is 16.1. The molecule has 1 N–H and O–H groups in total. The summed E-state index contributed by atoms with van der Waals surface area (Å²) in [6.45, 7) is 12.7. The zero-order valence-corrected chi connectivity index (χ0v) is 15.2. The molecule has 0 spiro atoms. The maximum absolute atomic E-state index is 5.38. The van der Waals surface area contributed by atoms with Gasteiger partial charge in [0.25, 0.3) is 0 Å². The molecule has 0 radical (unpaired) electrons. The smallest absolute Gasteiger partial charge is 0.0615 e. The molecule has 0 aliphatic heterocycles. The first-order valence-electron chi connectivity index (χ1n) is 8.63. The van der Waals surface area contributed by atoms with Gasteiger partial charge in [-0.1, -0.05) is 27.2 Å². The van der Waals surface area contributed by atoms with Gasteiger partial charge in [-0.2, -0.15) is 0 Å². The molecule has 4 nitrogen and oxygen atoms in total. The molecular formula is C17H38N2O2. The molecule has 21 heavy (non-hydrogen) atoms. The zero-order valence-electron chi connectivity index (χ0n) is 15.2. The highest BCUT2D eigenvalue weighted by molar-refractivity contribution is 4.86.